The molecule has 0 spiro atoms. The van der Waals surface area contributed by atoms with E-state index in [9.17, 15) is 14.0 Å². The lowest BCUT2D eigenvalue weighted by Gasteiger charge is -2.18. The first kappa shape index (κ1) is 23.4. The predicted octanol–water partition coefficient (Wildman–Crippen LogP) is 3.97. The molecule has 8 nitrogen and oxygen atoms in total. The van der Waals surface area contributed by atoms with Crippen LogP contribution in [0.1, 0.15) is 21.6 Å². The van der Waals surface area contributed by atoms with Crippen LogP contribution in [0.15, 0.2) is 41.8 Å². The van der Waals surface area contributed by atoms with E-state index < -0.39 is 24.3 Å². The molecule has 0 N–H and O–H groups in total. The normalized spacial score (nSPS) is 11.0. The maximum atomic E-state index is 13.9. The van der Waals surface area contributed by atoms with Crippen LogP contribution in [0.5, 0.6) is 5.75 Å². The summed E-state index contributed by atoms with van der Waals surface area (Å²) in [5.74, 6) is -1.44. The number of aryl methyl sites for hydroxylation is 2. The number of hydrogen-bond acceptors (Lipinski definition) is 7. The number of hydrogen-bond donors (Lipinski definition) is 0. The molecule has 3 aromatic heterocycles. The number of fused-ring (bicyclic) bond motifs is 1. The first-order valence-electron chi connectivity index (χ1n) is 10.4. The Morgan fingerprint density at radius 3 is 2.71 bits per heavy atom. The van der Waals surface area contributed by atoms with Gasteiger partial charge in [-0.2, -0.15) is 5.10 Å². The van der Waals surface area contributed by atoms with Crippen molar-refractivity contribution >= 4 is 34.2 Å². The Labute approximate surface area is 199 Å². The molecular weight excluding hydrogens is 459 g/mol. The molecule has 0 aliphatic heterocycles. The molecule has 34 heavy (non-hydrogen) atoms. The molecule has 0 atom stereocenters. The fraction of sp³-hybridized carbons (Fsp3) is 0.250. The van der Waals surface area contributed by atoms with E-state index in [0.717, 1.165) is 4.88 Å². The van der Waals surface area contributed by atoms with Crippen LogP contribution >= 0.6 is 11.3 Å². The van der Waals surface area contributed by atoms with Gasteiger partial charge in [0.25, 0.3) is 5.91 Å². The van der Waals surface area contributed by atoms with Gasteiger partial charge in [-0.05, 0) is 42.1 Å². The highest BCUT2D eigenvalue weighted by molar-refractivity contribution is 7.13. The number of thiophene rings is 1. The summed E-state index contributed by atoms with van der Waals surface area (Å²) in [5, 5.41) is 6.89. The van der Waals surface area contributed by atoms with Crippen molar-refractivity contribution in [3.63, 3.8) is 0 Å². The Morgan fingerprint density at radius 2 is 2.03 bits per heavy atom. The predicted molar refractivity (Wildman–Crippen MR) is 126 cm³/mol. The van der Waals surface area contributed by atoms with Crippen LogP contribution in [0.3, 0.4) is 0 Å². The van der Waals surface area contributed by atoms with Crippen molar-refractivity contribution in [2.75, 3.05) is 20.8 Å². The summed E-state index contributed by atoms with van der Waals surface area (Å²) in [6.45, 7) is 1.49. The van der Waals surface area contributed by atoms with Crippen molar-refractivity contribution < 1.29 is 23.5 Å². The van der Waals surface area contributed by atoms with E-state index in [1.54, 1.807) is 37.8 Å². The first-order valence-corrected chi connectivity index (χ1v) is 11.3. The van der Waals surface area contributed by atoms with Gasteiger partial charge in [0, 0.05) is 20.6 Å². The average Bonchev–Trinajstić information content (AvgIpc) is 3.45. The lowest BCUT2D eigenvalue weighted by atomic mass is 10.1. The lowest BCUT2D eigenvalue weighted by molar-refractivity contribution is -0.133. The molecule has 0 unspecified atom stereocenters. The molecule has 1 amide bonds. The Kier molecular flexibility index (Phi) is 6.60. The zero-order chi connectivity index (χ0) is 24.4. The molecule has 0 fully saturated rings. The molecule has 4 rings (SSSR count). The molecule has 0 aliphatic carbocycles. The summed E-state index contributed by atoms with van der Waals surface area (Å²) in [7, 11) is 4.70. The van der Waals surface area contributed by atoms with Gasteiger partial charge >= 0.3 is 5.97 Å². The van der Waals surface area contributed by atoms with Crippen molar-refractivity contribution in [3.05, 3.63) is 64.4 Å². The summed E-state index contributed by atoms with van der Waals surface area (Å²) in [4.78, 5) is 32.5. The smallest absolute Gasteiger partial charge is 0.339 e. The lowest BCUT2D eigenvalue weighted by Crippen LogP contribution is -2.31. The van der Waals surface area contributed by atoms with E-state index >= 15 is 0 Å². The molecule has 3 heterocycles. The van der Waals surface area contributed by atoms with Gasteiger partial charge in [-0.15, -0.1) is 11.3 Å². The highest BCUT2D eigenvalue weighted by atomic mass is 32.1. The highest BCUT2D eigenvalue weighted by Gasteiger charge is 2.22. The molecule has 176 valence electrons. The van der Waals surface area contributed by atoms with E-state index in [-0.39, 0.29) is 12.3 Å². The van der Waals surface area contributed by atoms with Gasteiger partial charge in [0.15, 0.2) is 23.8 Å². The third-order valence-electron chi connectivity index (χ3n) is 5.35. The number of aromatic nitrogens is 3. The second-order valence-corrected chi connectivity index (χ2v) is 8.68. The Hall–Kier alpha value is -3.79. The summed E-state index contributed by atoms with van der Waals surface area (Å²) < 4.78 is 25.8. The standard InChI is InChI=1S/C24H23FN4O4S/c1-14-22-16(11-18(20-6-5-9-34-20)26-23(22)29(3)27-14)24(31)33-13-21(30)28(2)12-15-7-8-19(32-4)17(25)10-15/h5-11H,12-13H2,1-4H3. The number of ether oxygens (including phenoxy) is 2. The van der Waals surface area contributed by atoms with Crippen molar-refractivity contribution in [2.45, 2.75) is 13.5 Å². The second kappa shape index (κ2) is 9.60. The zero-order valence-corrected chi connectivity index (χ0v) is 20.0. The molecule has 10 heteroatoms. The van der Waals surface area contributed by atoms with Gasteiger partial charge in [0.05, 0.1) is 34.3 Å². The van der Waals surface area contributed by atoms with Crippen molar-refractivity contribution in [3.8, 4) is 16.3 Å². The molecule has 1 aromatic carbocycles. The minimum absolute atomic E-state index is 0.128. The fourth-order valence-corrected chi connectivity index (χ4v) is 4.33. The van der Waals surface area contributed by atoms with Crippen LogP contribution in [0.2, 0.25) is 0 Å². The number of halogens is 1. The molecule has 0 aliphatic rings. The van der Waals surface area contributed by atoms with E-state index in [1.165, 1.54) is 35.5 Å². The van der Waals surface area contributed by atoms with E-state index in [4.69, 9.17) is 9.47 Å². The number of methoxy groups -OCH3 is 1. The largest absolute Gasteiger partial charge is 0.494 e. The number of nitrogens with zero attached hydrogens (tertiary/aromatic N) is 4. The van der Waals surface area contributed by atoms with E-state index in [2.05, 4.69) is 10.1 Å². The van der Waals surface area contributed by atoms with Gasteiger partial charge < -0.3 is 14.4 Å². The summed E-state index contributed by atoms with van der Waals surface area (Å²) in [6, 6.07) is 9.96. The summed E-state index contributed by atoms with van der Waals surface area (Å²) in [6.07, 6.45) is 0. The molecule has 4 aromatic rings. The number of benzene rings is 1. The molecular formula is C24H23FN4O4S. The maximum absolute atomic E-state index is 13.9. The van der Waals surface area contributed by atoms with Gasteiger partial charge in [-0.1, -0.05) is 12.1 Å². The molecule has 0 saturated heterocycles. The van der Waals surface area contributed by atoms with Gasteiger partial charge in [-0.3, -0.25) is 9.48 Å². The number of carbonyl (C=O) groups excluding carboxylic acids is 2. The van der Waals surface area contributed by atoms with Crippen LogP contribution in [-0.4, -0.2) is 52.3 Å². The Bertz CT molecular complexity index is 1370. The molecule has 0 saturated carbocycles. The third-order valence-corrected chi connectivity index (χ3v) is 6.24. The number of carbonyl (C=O) groups is 2. The minimum Gasteiger partial charge on any atom is -0.494 e. The van der Waals surface area contributed by atoms with Crippen LogP contribution < -0.4 is 4.74 Å². The molecule has 0 bridgehead atoms. The quantitative estimate of drug-likeness (QED) is 0.371. The van der Waals surface area contributed by atoms with Gasteiger partial charge in [-0.25, -0.2) is 14.2 Å². The van der Waals surface area contributed by atoms with Crippen molar-refractivity contribution in [2.24, 2.45) is 7.05 Å². The Morgan fingerprint density at radius 1 is 1.24 bits per heavy atom. The maximum Gasteiger partial charge on any atom is 0.339 e. The van der Waals surface area contributed by atoms with Crippen LogP contribution in [0.25, 0.3) is 21.6 Å². The molecule has 0 radical (unpaired) electrons. The first-order chi connectivity index (χ1) is 16.3. The Balaban J connectivity index is 1.50. The van der Waals surface area contributed by atoms with Gasteiger partial charge in [0.1, 0.15) is 0 Å². The number of likely N-dealkylation sites (N-methyl/N-ethyl adjacent to an activating group) is 1. The summed E-state index contributed by atoms with van der Waals surface area (Å²) >= 11 is 1.50. The summed E-state index contributed by atoms with van der Waals surface area (Å²) in [5.41, 5.74) is 2.71. The second-order valence-electron chi connectivity index (χ2n) is 7.73. The monoisotopic (exact) mass is 482 g/mol. The van der Waals surface area contributed by atoms with Crippen LogP contribution in [0, 0.1) is 12.7 Å². The number of esters is 1. The SMILES string of the molecule is COc1ccc(CN(C)C(=O)COC(=O)c2cc(-c3cccs3)nc3c2c(C)nn3C)cc1F. The van der Waals surface area contributed by atoms with Crippen molar-refractivity contribution in [1.82, 2.24) is 19.7 Å². The highest BCUT2D eigenvalue weighted by Crippen LogP contribution is 2.29. The van der Waals surface area contributed by atoms with Crippen molar-refractivity contribution in [1.29, 1.82) is 0 Å². The topological polar surface area (TPSA) is 86.5 Å². The number of pyridine rings is 1. The van der Waals surface area contributed by atoms with E-state index in [1.807, 2.05) is 17.5 Å². The number of amides is 1. The third kappa shape index (κ3) is 4.62. The van der Waals surface area contributed by atoms with Crippen LogP contribution in [-0.2, 0) is 23.1 Å². The minimum atomic E-state index is -0.640. The van der Waals surface area contributed by atoms with E-state index in [0.29, 0.717) is 33.5 Å². The van der Waals surface area contributed by atoms with Gasteiger partial charge in [0.2, 0.25) is 0 Å². The van der Waals surface area contributed by atoms with Crippen LogP contribution in [0.4, 0.5) is 4.39 Å². The zero-order valence-electron chi connectivity index (χ0n) is 19.2. The number of rotatable bonds is 7. The fourth-order valence-electron chi connectivity index (χ4n) is 3.64. The average molecular weight is 483 g/mol.